The summed E-state index contributed by atoms with van der Waals surface area (Å²) in [6.07, 6.45) is -7.70. The molecule has 1 fully saturated rings. The van der Waals surface area contributed by atoms with E-state index in [1.54, 1.807) is 0 Å². The smallest absolute Gasteiger partial charge is 0.407 e. The Morgan fingerprint density at radius 2 is 1.90 bits per heavy atom. The van der Waals surface area contributed by atoms with Crippen molar-refractivity contribution in [2.75, 3.05) is 11.4 Å². The van der Waals surface area contributed by atoms with Gasteiger partial charge in [-0.1, -0.05) is 24.3 Å². The van der Waals surface area contributed by atoms with Gasteiger partial charge in [0.05, 0.1) is 5.56 Å². The molecule has 31 heavy (non-hydrogen) atoms. The number of aromatic amines is 1. The van der Waals surface area contributed by atoms with Crippen LogP contribution in [0.1, 0.15) is 5.56 Å². The van der Waals surface area contributed by atoms with Gasteiger partial charge in [-0.05, 0) is 29.7 Å². The summed E-state index contributed by atoms with van der Waals surface area (Å²) in [6.45, 7) is -0.137. The van der Waals surface area contributed by atoms with Crippen molar-refractivity contribution < 1.29 is 32.2 Å². The minimum absolute atomic E-state index is 0.00804. The van der Waals surface area contributed by atoms with E-state index in [9.17, 15) is 27.6 Å². The fraction of sp³-hybridized carbons (Fsp3) is 0.150. The molecule has 160 valence electrons. The molecule has 0 radical (unpaired) electrons. The molecular formula is C20H14F3N3O5. The molecule has 3 aromatic rings. The number of aromatic nitrogens is 1. The van der Waals surface area contributed by atoms with E-state index in [1.165, 1.54) is 42.5 Å². The quantitative estimate of drug-likeness (QED) is 0.655. The van der Waals surface area contributed by atoms with E-state index in [1.807, 2.05) is 0 Å². The van der Waals surface area contributed by atoms with E-state index >= 15 is 0 Å². The van der Waals surface area contributed by atoms with Gasteiger partial charge in [0, 0.05) is 22.3 Å². The molecule has 0 bridgehead atoms. The zero-order chi connectivity index (χ0) is 22.3. The molecule has 1 aliphatic rings. The monoisotopic (exact) mass is 433 g/mol. The van der Waals surface area contributed by atoms with E-state index in [0.29, 0.717) is 5.39 Å². The van der Waals surface area contributed by atoms with Gasteiger partial charge < -0.3 is 20.2 Å². The molecule has 8 nitrogen and oxygen atoms in total. The van der Waals surface area contributed by atoms with Crippen LogP contribution < -0.4 is 16.2 Å². The fourth-order valence-corrected chi connectivity index (χ4v) is 3.36. The first-order valence-corrected chi connectivity index (χ1v) is 8.91. The molecule has 2 amide bonds. The van der Waals surface area contributed by atoms with Crippen molar-refractivity contribution in [1.29, 1.82) is 0 Å². The number of amides is 2. The first-order valence-electron chi connectivity index (χ1n) is 8.91. The largest absolute Gasteiger partial charge is 0.417 e. The maximum absolute atomic E-state index is 13.3. The van der Waals surface area contributed by atoms with Crippen LogP contribution in [-0.2, 0) is 15.7 Å². The molecule has 0 spiro atoms. The number of rotatable bonds is 3. The molecule has 2 heterocycles. The third kappa shape index (κ3) is 3.89. The number of pyridine rings is 1. The van der Waals surface area contributed by atoms with Crippen LogP contribution in [0, 0.1) is 0 Å². The highest BCUT2D eigenvalue weighted by atomic mass is 19.4. The number of nitrogens with one attached hydrogen (secondary N) is 1. The zero-order valence-corrected chi connectivity index (χ0v) is 15.6. The van der Waals surface area contributed by atoms with Crippen LogP contribution in [0.5, 0.6) is 0 Å². The lowest BCUT2D eigenvalue weighted by Gasteiger charge is -2.15. The van der Waals surface area contributed by atoms with Crippen LogP contribution in [0.25, 0.3) is 22.0 Å². The second kappa shape index (κ2) is 7.35. The molecule has 0 aliphatic carbocycles. The van der Waals surface area contributed by atoms with Crippen LogP contribution in [0.2, 0.25) is 0 Å². The molecule has 2 aromatic carbocycles. The Morgan fingerprint density at radius 3 is 2.61 bits per heavy atom. The van der Waals surface area contributed by atoms with Crippen LogP contribution in [0.3, 0.4) is 0 Å². The number of fused-ring (bicyclic) bond motifs is 1. The van der Waals surface area contributed by atoms with Gasteiger partial charge in [-0.2, -0.15) is 13.2 Å². The predicted molar refractivity (Wildman–Crippen MR) is 103 cm³/mol. The normalized spacial score (nSPS) is 16.4. The van der Waals surface area contributed by atoms with Gasteiger partial charge in [0.1, 0.15) is 6.54 Å². The van der Waals surface area contributed by atoms with Gasteiger partial charge in [0.2, 0.25) is 0 Å². The number of hydrogen-bond donors (Lipinski definition) is 2. The number of hydrogen-bond acceptors (Lipinski definition) is 5. The van der Waals surface area contributed by atoms with Crippen LogP contribution in [0.15, 0.2) is 53.3 Å². The Labute approximate surface area is 172 Å². The van der Waals surface area contributed by atoms with Crippen molar-refractivity contribution in [3.05, 3.63) is 64.4 Å². The van der Waals surface area contributed by atoms with Crippen molar-refractivity contribution in [1.82, 2.24) is 4.98 Å². The van der Waals surface area contributed by atoms with E-state index in [-0.39, 0.29) is 28.9 Å². The van der Waals surface area contributed by atoms with E-state index in [4.69, 9.17) is 10.5 Å². The minimum atomic E-state index is -4.59. The highest BCUT2D eigenvalue weighted by Gasteiger charge is 2.35. The van der Waals surface area contributed by atoms with Crippen LogP contribution >= 0.6 is 0 Å². The lowest BCUT2D eigenvalue weighted by atomic mass is 10.0. The van der Waals surface area contributed by atoms with Gasteiger partial charge in [-0.15, -0.1) is 0 Å². The highest BCUT2D eigenvalue weighted by Crippen LogP contribution is 2.36. The fourth-order valence-electron chi connectivity index (χ4n) is 3.36. The van der Waals surface area contributed by atoms with Crippen molar-refractivity contribution in [3.8, 4) is 11.3 Å². The SMILES string of the molecule is NC(=O)OC1CN(c2ccc3cc(-c4ccccc4C(F)(F)F)[nH]c(=O)c3c2)C(=O)O1. The number of cyclic esters (lactones) is 1. The first kappa shape index (κ1) is 20.3. The van der Waals surface area contributed by atoms with E-state index in [2.05, 4.69) is 9.72 Å². The number of halogens is 3. The average Bonchev–Trinajstić information content (AvgIpc) is 3.06. The molecule has 4 rings (SSSR count). The lowest BCUT2D eigenvalue weighted by molar-refractivity contribution is -0.137. The van der Waals surface area contributed by atoms with Crippen LogP contribution in [0.4, 0.5) is 28.4 Å². The number of primary amides is 1. The summed E-state index contributed by atoms with van der Waals surface area (Å²) in [4.78, 5) is 39.1. The topological polar surface area (TPSA) is 115 Å². The second-order valence-electron chi connectivity index (χ2n) is 6.69. The van der Waals surface area contributed by atoms with Gasteiger partial charge >= 0.3 is 18.4 Å². The number of carbonyl (C=O) groups excluding carboxylic acids is 2. The number of nitrogens with zero attached hydrogens (tertiary/aromatic N) is 1. The highest BCUT2D eigenvalue weighted by molar-refractivity contribution is 5.94. The maximum atomic E-state index is 13.3. The standard InChI is InChI=1S/C20H14F3N3O5/c21-20(22,23)14-4-2-1-3-12(14)15-7-10-5-6-11(8-13(10)17(27)25-15)26-9-16(30-18(24)28)31-19(26)29/h1-8,16H,9H2,(H2,24,28)(H,25,27). The van der Waals surface area contributed by atoms with Crippen molar-refractivity contribution in [2.24, 2.45) is 5.73 Å². The van der Waals surface area contributed by atoms with Gasteiger partial charge in [-0.25, -0.2) is 9.59 Å². The zero-order valence-electron chi connectivity index (χ0n) is 15.6. The number of carbonyl (C=O) groups is 2. The summed E-state index contributed by atoms with van der Waals surface area (Å²) in [5, 5.41) is 0.523. The minimum Gasteiger partial charge on any atom is -0.407 e. The Morgan fingerprint density at radius 1 is 1.16 bits per heavy atom. The number of nitrogens with two attached hydrogens (primary N) is 1. The summed E-state index contributed by atoms with van der Waals surface area (Å²) in [6, 6.07) is 10.7. The molecule has 1 unspecified atom stereocenters. The number of anilines is 1. The van der Waals surface area contributed by atoms with Crippen LogP contribution in [-0.4, -0.2) is 30.0 Å². The Kier molecular flexibility index (Phi) is 4.80. The summed E-state index contributed by atoms with van der Waals surface area (Å²) in [5.74, 6) is 0. The summed E-state index contributed by atoms with van der Waals surface area (Å²) >= 11 is 0. The molecule has 1 atom stereocenters. The molecule has 3 N–H and O–H groups in total. The Balaban J connectivity index is 1.73. The number of alkyl halides is 3. The molecule has 1 aromatic heterocycles. The predicted octanol–water partition coefficient (Wildman–Crippen LogP) is 3.59. The molecule has 1 saturated heterocycles. The number of ether oxygens (including phenoxy) is 2. The molecule has 0 saturated carbocycles. The Bertz CT molecular complexity index is 1250. The second-order valence-corrected chi connectivity index (χ2v) is 6.69. The molecule has 1 aliphatic heterocycles. The number of H-pyrrole nitrogens is 1. The first-order chi connectivity index (χ1) is 14.6. The van der Waals surface area contributed by atoms with Gasteiger partial charge in [0.15, 0.2) is 0 Å². The molecular weight excluding hydrogens is 419 g/mol. The van der Waals surface area contributed by atoms with Gasteiger partial charge in [-0.3, -0.25) is 9.69 Å². The van der Waals surface area contributed by atoms with E-state index < -0.39 is 35.8 Å². The Hall–Kier alpha value is -4.02. The molecule has 11 heteroatoms. The van der Waals surface area contributed by atoms with Crippen molar-refractivity contribution >= 4 is 28.6 Å². The summed E-state index contributed by atoms with van der Waals surface area (Å²) in [5.41, 5.74) is 3.53. The summed E-state index contributed by atoms with van der Waals surface area (Å²) in [7, 11) is 0. The third-order valence-electron chi connectivity index (χ3n) is 4.70. The van der Waals surface area contributed by atoms with E-state index in [0.717, 1.165) is 11.0 Å². The lowest BCUT2D eigenvalue weighted by Crippen LogP contribution is -2.28. The van der Waals surface area contributed by atoms with Crippen molar-refractivity contribution in [2.45, 2.75) is 12.5 Å². The maximum Gasteiger partial charge on any atom is 0.417 e. The number of benzene rings is 2. The average molecular weight is 433 g/mol. The third-order valence-corrected chi connectivity index (χ3v) is 4.70. The van der Waals surface area contributed by atoms with Gasteiger partial charge in [0.25, 0.3) is 11.8 Å². The summed E-state index contributed by atoms with van der Waals surface area (Å²) < 4.78 is 49.5. The van der Waals surface area contributed by atoms with Crippen molar-refractivity contribution in [3.63, 3.8) is 0 Å².